The van der Waals surface area contributed by atoms with Crippen LogP contribution in [0.2, 0.25) is 0 Å². The van der Waals surface area contributed by atoms with Crippen molar-refractivity contribution in [3.63, 3.8) is 0 Å². The van der Waals surface area contributed by atoms with Crippen LogP contribution < -0.4 is 0 Å². The molecular weight excluding hydrogens is 291 g/mol. The van der Waals surface area contributed by atoms with Gasteiger partial charge >= 0.3 is 0 Å². The van der Waals surface area contributed by atoms with Gasteiger partial charge in [-0.3, -0.25) is 0 Å². The van der Waals surface area contributed by atoms with Crippen molar-refractivity contribution in [1.29, 1.82) is 0 Å². The van der Waals surface area contributed by atoms with Gasteiger partial charge in [0.05, 0.1) is 13.2 Å². The van der Waals surface area contributed by atoms with Crippen molar-refractivity contribution in [3.05, 3.63) is 17.1 Å². The fourth-order valence-corrected chi connectivity index (χ4v) is 2.67. The van der Waals surface area contributed by atoms with Gasteiger partial charge in [0, 0.05) is 12.8 Å². The predicted octanol–water partition coefficient (Wildman–Crippen LogP) is 6.31. The summed E-state index contributed by atoms with van der Waals surface area (Å²) in [6, 6.07) is 0. The summed E-state index contributed by atoms with van der Waals surface area (Å²) in [6.07, 6.45) is 9.42. The second kappa shape index (κ2) is 12.8. The minimum atomic E-state index is -0.118. The fourth-order valence-electron chi connectivity index (χ4n) is 2.67. The Morgan fingerprint density at radius 2 is 1.83 bits per heavy atom. The minimum absolute atomic E-state index is 0.0784. The Hall–Kier alpha value is -0.630. The summed E-state index contributed by atoms with van der Waals surface area (Å²) >= 11 is 0. The third-order valence-corrected chi connectivity index (χ3v) is 4.16. The summed E-state index contributed by atoms with van der Waals surface area (Å²) in [5, 5.41) is 0. The van der Waals surface area contributed by atoms with Crippen molar-refractivity contribution in [2.24, 2.45) is 5.92 Å². The summed E-state index contributed by atoms with van der Waals surface area (Å²) in [5.41, 5.74) is 4.13. The molecule has 0 amide bonds. The van der Waals surface area contributed by atoms with Crippen LogP contribution in [0.15, 0.2) is 17.1 Å². The number of halogens is 1. The zero-order valence-corrected chi connectivity index (χ0v) is 15.3. The Morgan fingerprint density at radius 1 is 1.09 bits per heavy atom. The maximum absolute atomic E-state index is 14.1. The molecule has 23 heavy (non-hydrogen) atoms. The molecule has 0 aromatic rings. The molecule has 0 atom stereocenters. The second-order valence-electron chi connectivity index (χ2n) is 6.94. The van der Waals surface area contributed by atoms with Gasteiger partial charge in [-0.2, -0.15) is 0 Å². The molecule has 1 heterocycles. The molecule has 1 saturated heterocycles. The van der Waals surface area contributed by atoms with Crippen LogP contribution in [0.4, 0.5) is 4.39 Å². The van der Waals surface area contributed by atoms with Gasteiger partial charge < -0.3 is 9.47 Å². The third kappa shape index (κ3) is 10.7. The largest absolute Gasteiger partial charge is 0.353 e. The van der Waals surface area contributed by atoms with E-state index < -0.39 is 0 Å². The Balaban J connectivity index is 2.52. The van der Waals surface area contributed by atoms with E-state index in [0.717, 1.165) is 63.7 Å². The molecule has 1 rings (SSSR count). The molecule has 0 aliphatic carbocycles. The molecular formula is C20H35FO2. The monoisotopic (exact) mass is 326 g/mol. The first-order valence-corrected chi connectivity index (χ1v) is 9.48. The Kier molecular flexibility index (Phi) is 11.3. The van der Waals surface area contributed by atoms with Gasteiger partial charge in [0.1, 0.15) is 5.83 Å². The molecule has 0 aromatic carbocycles. The van der Waals surface area contributed by atoms with Crippen LogP contribution in [-0.2, 0) is 9.47 Å². The minimum Gasteiger partial charge on any atom is -0.353 e. The molecule has 0 unspecified atom stereocenters. The predicted molar refractivity (Wildman–Crippen MR) is 94.0 cm³/mol. The fraction of sp³-hybridized carbons (Fsp3) is 0.850. The summed E-state index contributed by atoms with van der Waals surface area (Å²) in [6.45, 7) is 8.13. The topological polar surface area (TPSA) is 18.5 Å². The quantitative estimate of drug-likeness (QED) is 0.327. The summed E-state index contributed by atoms with van der Waals surface area (Å²) < 4.78 is 25.3. The SMILES string of the molecule is CCCCCCC(F)=C=C(CCC(C)C)CCC1OCCCO1. The molecule has 0 radical (unpaired) electrons. The summed E-state index contributed by atoms with van der Waals surface area (Å²) in [7, 11) is 0. The van der Waals surface area contributed by atoms with Gasteiger partial charge in [-0.25, -0.2) is 4.39 Å². The zero-order valence-electron chi connectivity index (χ0n) is 15.3. The van der Waals surface area contributed by atoms with E-state index in [9.17, 15) is 4.39 Å². The average Bonchev–Trinajstić information content (AvgIpc) is 2.55. The van der Waals surface area contributed by atoms with Crippen molar-refractivity contribution in [3.8, 4) is 0 Å². The molecule has 1 aliphatic heterocycles. The number of allylic oxidation sites excluding steroid dienone is 1. The van der Waals surface area contributed by atoms with Crippen LogP contribution in [0.25, 0.3) is 0 Å². The lowest BCUT2D eigenvalue weighted by atomic mass is 9.99. The Labute approximate surface area is 142 Å². The van der Waals surface area contributed by atoms with Crippen molar-refractivity contribution < 1.29 is 13.9 Å². The van der Waals surface area contributed by atoms with E-state index in [1.54, 1.807) is 0 Å². The number of hydrogen-bond acceptors (Lipinski definition) is 2. The van der Waals surface area contributed by atoms with Crippen LogP contribution in [0.5, 0.6) is 0 Å². The van der Waals surface area contributed by atoms with Crippen LogP contribution >= 0.6 is 0 Å². The van der Waals surface area contributed by atoms with Gasteiger partial charge in [0.2, 0.25) is 0 Å². The van der Waals surface area contributed by atoms with E-state index in [4.69, 9.17) is 9.47 Å². The van der Waals surface area contributed by atoms with E-state index in [1.165, 1.54) is 12.8 Å². The Bertz CT molecular complexity index is 364. The average molecular weight is 326 g/mol. The molecule has 0 spiro atoms. The van der Waals surface area contributed by atoms with Crippen LogP contribution in [0, 0.1) is 5.92 Å². The van der Waals surface area contributed by atoms with E-state index in [1.807, 2.05) is 0 Å². The molecule has 0 aromatic heterocycles. The highest BCUT2D eigenvalue weighted by molar-refractivity contribution is 5.05. The number of unbranched alkanes of at least 4 members (excludes halogenated alkanes) is 3. The highest BCUT2D eigenvalue weighted by Gasteiger charge is 2.14. The van der Waals surface area contributed by atoms with Crippen molar-refractivity contribution in [2.45, 2.75) is 91.3 Å². The molecule has 0 saturated carbocycles. The van der Waals surface area contributed by atoms with Gasteiger partial charge in [-0.05, 0) is 43.6 Å². The Morgan fingerprint density at radius 3 is 2.48 bits per heavy atom. The molecule has 1 fully saturated rings. The van der Waals surface area contributed by atoms with Crippen LogP contribution in [-0.4, -0.2) is 19.5 Å². The lowest BCUT2D eigenvalue weighted by Gasteiger charge is -2.23. The first kappa shape index (κ1) is 20.4. The molecule has 2 nitrogen and oxygen atoms in total. The van der Waals surface area contributed by atoms with Gasteiger partial charge in [-0.15, -0.1) is 0 Å². The standard InChI is InChI=1S/C20H35FO2/c1-4-5-6-7-9-19(21)16-18(11-10-17(2)3)12-13-20-22-14-8-15-23-20/h17,20H,4-15H2,1-3H3. The van der Waals surface area contributed by atoms with E-state index in [2.05, 4.69) is 26.5 Å². The third-order valence-electron chi connectivity index (χ3n) is 4.16. The maximum atomic E-state index is 14.1. The van der Waals surface area contributed by atoms with Gasteiger partial charge in [-0.1, -0.05) is 45.8 Å². The summed E-state index contributed by atoms with van der Waals surface area (Å²) in [4.78, 5) is 0. The number of hydrogen-bond donors (Lipinski definition) is 0. The molecule has 0 bridgehead atoms. The zero-order chi connectivity index (χ0) is 16.9. The van der Waals surface area contributed by atoms with Crippen LogP contribution in [0.3, 0.4) is 0 Å². The van der Waals surface area contributed by atoms with Gasteiger partial charge in [0.25, 0.3) is 0 Å². The normalized spacial score (nSPS) is 15.7. The van der Waals surface area contributed by atoms with E-state index in [0.29, 0.717) is 12.3 Å². The second-order valence-corrected chi connectivity index (χ2v) is 6.94. The maximum Gasteiger partial charge on any atom is 0.157 e. The number of rotatable bonds is 11. The first-order valence-electron chi connectivity index (χ1n) is 9.48. The van der Waals surface area contributed by atoms with Crippen molar-refractivity contribution in [2.75, 3.05) is 13.2 Å². The smallest absolute Gasteiger partial charge is 0.157 e. The van der Waals surface area contributed by atoms with Gasteiger partial charge in [0.15, 0.2) is 6.29 Å². The molecule has 0 N–H and O–H groups in total. The lowest BCUT2D eigenvalue weighted by Crippen LogP contribution is -2.24. The molecule has 3 heteroatoms. The highest BCUT2D eigenvalue weighted by Crippen LogP contribution is 2.21. The number of ether oxygens (including phenoxy) is 2. The lowest BCUT2D eigenvalue weighted by molar-refractivity contribution is -0.180. The van der Waals surface area contributed by atoms with Crippen LogP contribution in [0.1, 0.15) is 85.0 Å². The summed E-state index contributed by atoms with van der Waals surface area (Å²) in [5.74, 6) is 0.548. The molecule has 1 aliphatic rings. The van der Waals surface area contributed by atoms with E-state index >= 15 is 0 Å². The van der Waals surface area contributed by atoms with Crippen molar-refractivity contribution >= 4 is 0 Å². The first-order chi connectivity index (χ1) is 11.1. The van der Waals surface area contributed by atoms with Crippen molar-refractivity contribution in [1.82, 2.24) is 0 Å². The highest BCUT2D eigenvalue weighted by atomic mass is 19.1. The van der Waals surface area contributed by atoms with E-state index in [-0.39, 0.29) is 12.1 Å². The molecule has 134 valence electrons.